The molecule has 2 aromatic rings. The summed E-state index contributed by atoms with van der Waals surface area (Å²) < 4.78 is 0. The Morgan fingerprint density at radius 2 is 2.00 bits per heavy atom. The molecule has 2 atom stereocenters. The zero-order valence-corrected chi connectivity index (χ0v) is 17.8. The lowest BCUT2D eigenvalue weighted by atomic mass is 10.1. The lowest BCUT2D eigenvalue weighted by Crippen LogP contribution is -2.48. The van der Waals surface area contributed by atoms with Gasteiger partial charge >= 0.3 is 0 Å². The summed E-state index contributed by atoms with van der Waals surface area (Å²) in [4.78, 5) is 23.2. The third-order valence-electron chi connectivity index (χ3n) is 6.10. The number of hydrogen-bond acceptors (Lipinski definition) is 5. The normalized spacial score (nSPS) is 23.2. The Bertz CT molecular complexity index is 833. The van der Waals surface area contributed by atoms with Gasteiger partial charge in [0.05, 0.1) is 11.2 Å². The van der Waals surface area contributed by atoms with Gasteiger partial charge in [0, 0.05) is 43.4 Å². The van der Waals surface area contributed by atoms with E-state index in [1.165, 1.54) is 23.3 Å². The predicted octanol–water partition coefficient (Wildman–Crippen LogP) is 4.15. The van der Waals surface area contributed by atoms with Crippen LogP contribution < -0.4 is 5.32 Å². The molecule has 1 N–H and O–H groups in total. The fourth-order valence-corrected chi connectivity index (χ4v) is 5.61. The van der Waals surface area contributed by atoms with Crippen molar-refractivity contribution in [3.05, 3.63) is 45.9 Å². The number of anilines is 1. The van der Waals surface area contributed by atoms with E-state index in [9.17, 15) is 4.79 Å². The van der Waals surface area contributed by atoms with Crippen molar-refractivity contribution in [3.8, 4) is 0 Å². The molecular weight excluding hydrogens is 368 g/mol. The van der Waals surface area contributed by atoms with Crippen LogP contribution in [-0.4, -0.2) is 51.9 Å². The van der Waals surface area contributed by atoms with Gasteiger partial charge in [0.2, 0.25) is 0 Å². The van der Waals surface area contributed by atoms with Gasteiger partial charge in [0.1, 0.15) is 4.88 Å². The number of fused-ring (bicyclic) bond motifs is 3. The van der Waals surface area contributed by atoms with Crippen LogP contribution in [0.5, 0.6) is 0 Å². The van der Waals surface area contributed by atoms with Crippen molar-refractivity contribution in [1.29, 1.82) is 0 Å². The SMILES string of the molecule is Cc1ncsc1C(=O)N1Cc2ccccc2NCC[C@H]2CC[C@@H](C1)N2C(C)C. The highest BCUT2D eigenvalue weighted by Crippen LogP contribution is 2.32. The third-order valence-corrected chi connectivity index (χ3v) is 7.02. The van der Waals surface area contributed by atoms with Gasteiger partial charge in [-0.25, -0.2) is 4.98 Å². The molecule has 6 heteroatoms. The first-order valence-electron chi connectivity index (χ1n) is 10.3. The summed E-state index contributed by atoms with van der Waals surface area (Å²) in [6.45, 7) is 8.88. The molecular formula is C22H30N4OS. The van der Waals surface area contributed by atoms with E-state index in [0.29, 0.717) is 24.7 Å². The standard InChI is InChI=1S/C22H30N4OS/c1-15(2)26-18-8-9-19(26)13-25(22(27)21-16(3)24-14-28-21)12-17-6-4-5-7-20(17)23-11-10-18/h4-7,14-15,18-19,23H,8-13H2,1-3H3/t18-,19+/m1/s1. The van der Waals surface area contributed by atoms with E-state index in [0.717, 1.165) is 42.2 Å². The number of hydrogen-bond donors (Lipinski definition) is 1. The number of para-hydroxylation sites is 1. The molecule has 3 heterocycles. The molecule has 0 radical (unpaired) electrons. The molecule has 1 amide bonds. The van der Waals surface area contributed by atoms with Gasteiger partial charge in [-0.05, 0) is 51.7 Å². The quantitative estimate of drug-likeness (QED) is 0.826. The van der Waals surface area contributed by atoms with E-state index in [1.807, 2.05) is 6.92 Å². The minimum atomic E-state index is 0.112. The smallest absolute Gasteiger partial charge is 0.266 e. The molecule has 0 unspecified atom stereocenters. The molecule has 2 bridgehead atoms. The van der Waals surface area contributed by atoms with E-state index < -0.39 is 0 Å². The minimum absolute atomic E-state index is 0.112. The number of nitrogens with one attached hydrogen (secondary N) is 1. The highest BCUT2D eigenvalue weighted by Gasteiger charge is 2.37. The first-order valence-corrected chi connectivity index (χ1v) is 11.2. The van der Waals surface area contributed by atoms with Crippen molar-refractivity contribution in [2.75, 3.05) is 18.4 Å². The van der Waals surface area contributed by atoms with Gasteiger partial charge in [-0.3, -0.25) is 9.69 Å². The largest absolute Gasteiger partial charge is 0.385 e. The molecule has 2 aliphatic rings. The van der Waals surface area contributed by atoms with E-state index in [4.69, 9.17) is 0 Å². The van der Waals surface area contributed by atoms with Gasteiger partial charge in [0.25, 0.3) is 5.91 Å². The molecule has 0 spiro atoms. The van der Waals surface area contributed by atoms with E-state index in [1.54, 1.807) is 5.51 Å². The van der Waals surface area contributed by atoms with Gasteiger partial charge in [-0.2, -0.15) is 0 Å². The van der Waals surface area contributed by atoms with E-state index in [-0.39, 0.29) is 5.91 Å². The zero-order chi connectivity index (χ0) is 19.7. The number of nitrogens with zero attached hydrogens (tertiary/aromatic N) is 3. The van der Waals surface area contributed by atoms with Crippen LogP contribution in [0.2, 0.25) is 0 Å². The molecule has 1 aromatic carbocycles. The second-order valence-corrected chi connectivity index (χ2v) is 9.11. The van der Waals surface area contributed by atoms with Crippen LogP contribution in [0.3, 0.4) is 0 Å². The van der Waals surface area contributed by atoms with Crippen LogP contribution in [0.25, 0.3) is 0 Å². The molecule has 1 aromatic heterocycles. The van der Waals surface area contributed by atoms with Gasteiger partial charge < -0.3 is 10.2 Å². The molecule has 4 rings (SSSR count). The molecule has 150 valence electrons. The molecule has 28 heavy (non-hydrogen) atoms. The summed E-state index contributed by atoms with van der Waals surface area (Å²) in [7, 11) is 0. The zero-order valence-electron chi connectivity index (χ0n) is 17.0. The van der Waals surface area contributed by atoms with Crippen LogP contribution in [-0.2, 0) is 6.54 Å². The number of benzene rings is 1. The van der Waals surface area contributed by atoms with Gasteiger partial charge in [-0.15, -0.1) is 11.3 Å². The highest BCUT2D eigenvalue weighted by molar-refractivity contribution is 7.11. The number of carbonyl (C=O) groups is 1. The summed E-state index contributed by atoms with van der Waals surface area (Å²) >= 11 is 1.45. The Hall–Kier alpha value is -1.92. The number of amides is 1. The molecule has 1 saturated heterocycles. The first-order chi connectivity index (χ1) is 13.5. The Balaban J connectivity index is 1.70. The van der Waals surface area contributed by atoms with Crippen molar-refractivity contribution in [2.45, 2.75) is 64.7 Å². The maximum Gasteiger partial charge on any atom is 0.266 e. The molecule has 5 nitrogen and oxygen atoms in total. The molecule has 1 fully saturated rings. The number of carbonyl (C=O) groups excluding carboxylic acids is 1. The number of aryl methyl sites for hydroxylation is 1. The number of thiazole rings is 1. The van der Waals surface area contributed by atoms with Crippen LogP contribution in [0.1, 0.15) is 54.0 Å². The fraction of sp³-hybridized carbons (Fsp3) is 0.545. The third kappa shape index (κ3) is 3.80. The second kappa shape index (κ2) is 8.21. The van der Waals surface area contributed by atoms with Crippen LogP contribution in [0, 0.1) is 6.92 Å². The maximum absolute atomic E-state index is 13.4. The lowest BCUT2D eigenvalue weighted by molar-refractivity contribution is 0.0637. The van der Waals surface area contributed by atoms with Crippen molar-refractivity contribution >= 4 is 22.9 Å². The van der Waals surface area contributed by atoms with Crippen LogP contribution in [0.4, 0.5) is 5.69 Å². The topological polar surface area (TPSA) is 48.5 Å². The van der Waals surface area contributed by atoms with Crippen LogP contribution >= 0.6 is 11.3 Å². The summed E-state index contributed by atoms with van der Waals surface area (Å²) in [6.07, 6.45) is 3.52. The number of aromatic nitrogens is 1. The Morgan fingerprint density at radius 1 is 1.21 bits per heavy atom. The Kier molecular flexibility index (Phi) is 5.69. The minimum Gasteiger partial charge on any atom is -0.385 e. The van der Waals surface area contributed by atoms with Crippen molar-refractivity contribution in [2.24, 2.45) is 0 Å². The fourth-order valence-electron chi connectivity index (χ4n) is 4.84. The van der Waals surface area contributed by atoms with Crippen molar-refractivity contribution in [3.63, 3.8) is 0 Å². The lowest BCUT2D eigenvalue weighted by Gasteiger charge is -2.36. The predicted molar refractivity (Wildman–Crippen MR) is 115 cm³/mol. The maximum atomic E-state index is 13.4. The Labute approximate surface area is 171 Å². The van der Waals surface area contributed by atoms with E-state index in [2.05, 4.69) is 58.2 Å². The summed E-state index contributed by atoms with van der Waals surface area (Å²) in [5.74, 6) is 0.112. The summed E-state index contributed by atoms with van der Waals surface area (Å²) in [5.41, 5.74) is 4.94. The first kappa shape index (κ1) is 19.4. The monoisotopic (exact) mass is 398 g/mol. The molecule has 0 aliphatic carbocycles. The molecule has 2 aliphatic heterocycles. The summed E-state index contributed by atoms with van der Waals surface area (Å²) in [5, 5.41) is 3.63. The van der Waals surface area contributed by atoms with Gasteiger partial charge in [0.15, 0.2) is 0 Å². The van der Waals surface area contributed by atoms with Crippen molar-refractivity contribution < 1.29 is 4.79 Å². The second-order valence-electron chi connectivity index (χ2n) is 8.25. The molecule has 0 saturated carbocycles. The Morgan fingerprint density at radius 3 is 2.75 bits per heavy atom. The van der Waals surface area contributed by atoms with Crippen LogP contribution in [0.15, 0.2) is 29.8 Å². The van der Waals surface area contributed by atoms with Gasteiger partial charge in [-0.1, -0.05) is 18.2 Å². The number of rotatable bonds is 2. The summed E-state index contributed by atoms with van der Waals surface area (Å²) in [6, 6.07) is 9.90. The van der Waals surface area contributed by atoms with Crippen molar-refractivity contribution in [1.82, 2.24) is 14.8 Å². The average molecular weight is 399 g/mol. The van der Waals surface area contributed by atoms with E-state index >= 15 is 0 Å². The average Bonchev–Trinajstić information content (AvgIpc) is 3.26. The highest BCUT2D eigenvalue weighted by atomic mass is 32.1.